The van der Waals surface area contributed by atoms with Crippen molar-refractivity contribution < 1.29 is 9.18 Å². The molecule has 0 radical (unpaired) electrons. The molecule has 0 bridgehead atoms. The Hall–Kier alpha value is -2.29. The maximum absolute atomic E-state index is 13.7. The van der Waals surface area contributed by atoms with Crippen molar-refractivity contribution in [2.24, 2.45) is 0 Å². The van der Waals surface area contributed by atoms with E-state index in [0.29, 0.717) is 25.3 Å². The van der Waals surface area contributed by atoms with Gasteiger partial charge in [0, 0.05) is 26.2 Å². The summed E-state index contributed by atoms with van der Waals surface area (Å²) in [7, 11) is 0. The van der Waals surface area contributed by atoms with E-state index in [0.717, 1.165) is 19.4 Å². The van der Waals surface area contributed by atoms with Crippen LogP contribution in [0.2, 0.25) is 0 Å². The van der Waals surface area contributed by atoms with Crippen LogP contribution in [0.3, 0.4) is 0 Å². The lowest BCUT2D eigenvalue weighted by molar-refractivity contribution is 0.189. The number of benzene rings is 1. The van der Waals surface area contributed by atoms with Crippen molar-refractivity contribution in [3.05, 3.63) is 29.6 Å². The first kappa shape index (κ1) is 13.7. The number of halogens is 1. The lowest BCUT2D eigenvalue weighted by Gasteiger charge is -2.38. The molecule has 2 aliphatic heterocycles. The van der Waals surface area contributed by atoms with Crippen LogP contribution in [0.4, 0.5) is 14.9 Å². The fourth-order valence-electron chi connectivity index (χ4n) is 3.15. The summed E-state index contributed by atoms with van der Waals surface area (Å²) in [6.45, 7) is 2.82. The fraction of sp³-hybridized carbons (Fsp3) is 0.467. The Morgan fingerprint density at radius 2 is 2.24 bits per heavy atom. The van der Waals surface area contributed by atoms with Crippen molar-refractivity contribution in [1.29, 1.82) is 5.26 Å². The molecule has 0 unspecified atom stereocenters. The number of nitriles is 1. The van der Waals surface area contributed by atoms with Gasteiger partial charge in [0.2, 0.25) is 0 Å². The molecular formula is C15H17FN4O. The average Bonchev–Trinajstić information content (AvgIpc) is 2.93. The Balaban J connectivity index is 1.82. The summed E-state index contributed by atoms with van der Waals surface area (Å²) in [4.78, 5) is 15.6. The molecule has 2 aliphatic rings. The van der Waals surface area contributed by atoms with Crippen molar-refractivity contribution in [2.75, 3.05) is 31.1 Å². The molecule has 1 atom stereocenters. The molecule has 0 aromatic heterocycles. The van der Waals surface area contributed by atoms with Crippen LogP contribution in [0.25, 0.3) is 0 Å². The van der Waals surface area contributed by atoms with Crippen molar-refractivity contribution in [2.45, 2.75) is 18.9 Å². The number of hydrogen-bond acceptors (Lipinski definition) is 3. The van der Waals surface area contributed by atoms with E-state index in [-0.39, 0.29) is 17.6 Å². The van der Waals surface area contributed by atoms with Crippen LogP contribution in [-0.2, 0) is 0 Å². The van der Waals surface area contributed by atoms with Crippen LogP contribution in [0.5, 0.6) is 0 Å². The van der Waals surface area contributed by atoms with E-state index in [9.17, 15) is 9.18 Å². The monoisotopic (exact) mass is 288 g/mol. The van der Waals surface area contributed by atoms with Crippen molar-refractivity contribution in [1.82, 2.24) is 10.2 Å². The number of amides is 2. The van der Waals surface area contributed by atoms with E-state index < -0.39 is 5.82 Å². The first-order chi connectivity index (χ1) is 10.2. The van der Waals surface area contributed by atoms with Crippen LogP contribution in [0.15, 0.2) is 18.2 Å². The third-order valence-corrected chi connectivity index (χ3v) is 4.17. The molecule has 3 rings (SSSR count). The SMILES string of the molecule is N#Cc1c(F)cccc1N1CCC[C@H](N2CCNC2=O)C1. The third-order valence-electron chi connectivity index (χ3n) is 4.17. The van der Waals surface area contributed by atoms with Gasteiger partial charge in [-0.15, -0.1) is 0 Å². The molecule has 110 valence electrons. The lowest BCUT2D eigenvalue weighted by Crippen LogP contribution is -2.49. The molecule has 1 N–H and O–H groups in total. The first-order valence-electron chi connectivity index (χ1n) is 7.18. The predicted molar refractivity (Wildman–Crippen MR) is 76.5 cm³/mol. The molecule has 1 aromatic rings. The van der Waals surface area contributed by atoms with Gasteiger partial charge in [-0.05, 0) is 25.0 Å². The second-order valence-electron chi connectivity index (χ2n) is 5.41. The fourth-order valence-corrected chi connectivity index (χ4v) is 3.15. The maximum Gasteiger partial charge on any atom is 0.317 e. The van der Waals surface area contributed by atoms with E-state index in [1.54, 1.807) is 12.1 Å². The number of carbonyl (C=O) groups is 1. The number of nitrogens with one attached hydrogen (secondary N) is 1. The molecule has 21 heavy (non-hydrogen) atoms. The molecule has 2 saturated heterocycles. The van der Waals surface area contributed by atoms with Gasteiger partial charge in [-0.25, -0.2) is 9.18 Å². The average molecular weight is 288 g/mol. The molecule has 0 spiro atoms. The molecule has 2 fully saturated rings. The van der Waals surface area contributed by atoms with Gasteiger partial charge >= 0.3 is 6.03 Å². The van der Waals surface area contributed by atoms with Gasteiger partial charge in [-0.1, -0.05) is 6.07 Å². The van der Waals surface area contributed by atoms with Gasteiger partial charge in [-0.3, -0.25) is 0 Å². The van der Waals surface area contributed by atoms with Gasteiger partial charge in [0.05, 0.1) is 11.7 Å². The van der Waals surface area contributed by atoms with Gasteiger partial charge in [0.25, 0.3) is 0 Å². The number of piperidine rings is 1. The first-order valence-corrected chi connectivity index (χ1v) is 7.18. The van der Waals surface area contributed by atoms with Crippen molar-refractivity contribution in [3.63, 3.8) is 0 Å². The number of anilines is 1. The summed E-state index contributed by atoms with van der Waals surface area (Å²) in [5.74, 6) is -0.490. The minimum absolute atomic E-state index is 0.0263. The van der Waals surface area contributed by atoms with Gasteiger partial charge in [0.1, 0.15) is 17.4 Å². The summed E-state index contributed by atoms with van der Waals surface area (Å²) in [6.07, 6.45) is 1.87. The van der Waals surface area contributed by atoms with Crippen LogP contribution in [-0.4, -0.2) is 43.2 Å². The molecule has 5 nitrogen and oxygen atoms in total. The quantitative estimate of drug-likeness (QED) is 0.901. The van der Waals surface area contributed by atoms with E-state index >= 15 is 0 Å². The van der Waals surface area contributed by atoms with E-state index in [4.69, 9.17) is 5.26 Å². The molecular weight excluding hydrogens is 271 g/mol. The van der Waals surface area contributed by atoms with Crippen molar-refractivity contribution >= 4 is 11.7 Å². The summed E-state index contributed by atoms with van der Waals surface area (Å²) in [5, 5.41) is 12.0. The number of rotatable bonds is 2. The summed E-state index contributed by atoms with van der Waals surface area (Å²) in [6, 6.07) is 6.74. The number of urea groups is 1. The molecule has 2 heterocycles. The largest absolute Gasteiger partial charge is 0.368 e. The zero-order chi connectivity index (χ0) is 14.8. The van der Waals surface area contributed by atoms with Crippen LogP contribution in [0.1, 0.15) is 18.4 Å². The second-order valence-corrected chi connectivity index (χ2v) is 5.41. The Labute approximate surface area is 122 Å². The van der Waals surface area contributed by atoms with E-state index in [2.05, 4.69) is 5.32 Å². The van der Waals surface area contributed by atoms with E-state index in [1.807, 2.05) is 15.9 Å². The van der Waals surface area contributed by atoms with E-state index in [1.165, 1.54) is 6.07 Å². The highest BCUT2D eigenvalue weighted by atomic mass is 19.1. The molecule has 2 amide bonds. The zero-order valence-electron chi connectivity index (χ0n) is 11.7. The van der Waals surface area contributed by atoms with Crippen LogP contribution in [0, 0.1) is 17.1 Å². The Morgan fingerprint density at radius 1 is 1.38 bits per heavy atom. The molecule has 0 aliphatic carbocycles. The highest BCUT2D eigenvalue weighted by Crippen LogP contribution is 2.27. The summed E-state index contributed by atoms with van der Waals surface area (Å²) in [5.41, 5.74) is 0.714. The third kappa shape index (κ3) is 2.51. The normalized spacial score (nSPS) is 22.1. The second kappa shape index (κ2) is 5.60. The van der Waals surface area contributed by atoms with Gasteiger partial charge in [0.15, 0.2) is 0 Å². The highest BCUT2D eigenvalue weighted by Gasteiger charge is 2.32. The summed E-state index contributed by atoms with van der Waals surface area (Å²) < 4.78 is 13.7. The smallest absolute Gasteiger partial charge is 0.317 e. The van der Waals surface area contributed by atoms with Gasteiger partial charge < -0.3 is 15.1 Å². The Bertz CT molecular complexity index is 598. The number of nitrogens with zero attached hydrogens (tertiary/aromatic N) is 3. The standard InChI is InChI=1S/C15H17FN4O/c16-13-4-1-5-14(12(13)9-17)19-7-2-3-11(10-19)20-8-6-18-15(20)21/h1,4-5,11H,2-3,6-8,10H2,(H,18,21)/t11-/m0/s1. The summed E-state index contributed by atoms with van der Waals surface area (Å²) >= 11 is 0. The molecule has 6 heteroatoms. The topological polar surface area (TPSA) is 59.4 Å². The number of hydrogen-bond donors (Lipinski definition) is 1. The minimum atomic E-state index is -0.490. The molecule has 0 saturated carbocycles. The Morgan fingerprint density at radius 3 is 2.95 bits per heavy atom. The van der Waals surface area contributed by atoms with Crippen molar-refractivity contribution in [3.8, 4) is 6.07 Å². The molecule has 1 aromatic carbocycles. The number of carbonyl (C=O) groups excluding carboxylic acids is 1. The van der Waals surface area contributed by atoms with Crippen LogP contribution >= 0.6 is 0 Å². The minimum Gasteiger partial charge on any atom is -0.368 e. The predicted octanol–water partition coefficient (Wildman–Crippen LogP) is 1.69. The van der Waals surface area contributed by atoms with Gasteiger partial charge in [-0.2, -0.15) is 5.26 Å². The van der Waals surface area contributed by atoms with Crippen LogP contribution < -0.4 is 10.2 Å². The zero-order valence-corrected chi connectivity index (χ0v) is 11.7. The maximum atomic E-state index is 13.7. The lowest BCUT2D eigenvalue weighted by atomic mass is 10.0. The highest BCUT2D eigenvalue weighted by molar-refractivity contribution is 5.76. The Kier molecular flexibility index (Phi) is 3.65.